The zero-order valence-electron chi connectivity index (χ0n) is 11.7. The first-order valence-corrected chi connectivity index (χ1v) is 7.20. The van der Waals surface area contributed by atoms with Gasteiger partial charge in [0, 0.05) is 35.8 Å². The summed E-state index contributed by atoms with van der Waals surface area (Å²) in [4.78, 5) is 2.29. The van der Waals surface area contributed by atoms with Crippen molar-refractivity contribution < 1.29 is 4.74 Å². The number of rotatable bonds is 7. The molecule has 108 valence electrons. The number of hydrogen-bond acceptors (Lipinski definition) is 3. The molecule has 0 aliphatic rings. The van der Waals surface area contributed by atoms with Crippen molar-refractivity contribution in [1.29, 1.82) is 0 Å². The number of benzene rings is 1. The molecule has 1 aromatic carbocycles. The van der Waals surface area contributed by atoms with Crippen LogP contribution in [0.2, 0.25) is 10.0 Å². The molecule has 2 unspecified atom stereocenters. The minimum atomic E-state index is 0.0694. The smallest absolute Gasteiger partial charge is 0.0615 e. The molecule has 0 aliphatic heterocycles. The Kier molecular flexibility index (Phi) is 7.11. The molecule has 0 spiro atoms. The Balaban J connectivity index is 3.02. The maximum Gasteiger partial charge on any atom is 0.0615 e. The molecule has 1 rings (SSSR count). The van der Waals surface area contributed by atoms with E-state index in [0.29, 0.717) is 23.2 Å². The lowest BCUT2D eigenvalue weighted by Crippen LogP contribution is -2.42. The zero-order valence-corrected chi connectivity index (χ0v) is 13.2. The summed E-state index contributed by atoms with van der Waals surface area (Å²) in [6.07, 6.45) is 0. The summed E-state index contributed by atoms with van der Waals surface area (Å²) in [6.45, 7) is 6.28. The van der Waals surface area contributed by atoms with Gasteiger partial charge >= 0.3 is 0 Å². The van der Waals surface area contributed by atoms with E-state index in [-0.39, 0.29) is 12.1 Å². The number of likely N-dealkylation sites (N-methyl/N-ethyl adjacent to an activating group) is 1. The Bertz CT molecular complexity index is 401. The van der Waals surface area contributed by atoms with E-state index in [9.17, 15) is 0 Å². The molecular formula is C14H22Cl2N2O. The van der Waals surface area contributed by atoms with E-state index in [1.54, 1.807) is 13.2 Å². The molecule has 0 saturated carbocycles. The molecule has 3 nitrogen and oxygen atoms in total. The van der Waals surface area contributed by atoms with Gasteiger partial charge in [-0.1, -0.05) is 36.2 Å². The van der Waals surface area contributed by atoms with Gasteiger partial charge < -0.3 is 10.5 Å². The minimum absolute atomic E-state index is 0.0694. The van der Waals surface area contributed by atoms with Gasteiger partial charge in [-0.2, -0.15) is 0 Å². The molecular weight excluding hydrogens is 283 g/mol. The maximum absolute atomic E-state index is 6.29. The second kappa shape index (κ2) is 8.08. The lowest BCUT2D eigenvalue weighted by Gasteiger charge is -2.35. The van der Waals surface area contributed by atoms with Crippen LogP contribution in [0.25, 0.3) is 0 Å². The van der Waals surface area contributed by atoms with Crippen LogP contribution in [0.4, 0.5) is 0 Å². The fourth-order valence-corrected chi connectivity index (χ4v) is 2.92. The summed E-state index contributed by atoms with van der Waals surface area (Å²) in [7, 11) is 1.71. The zero-order chi connectivity index (χ0) is 14.4. The topological polar surface area (TPSA) is 38.5 Å². The standard InChI is InChI=1S/C14H22Cl2N2O/c1-4-18(10(2)9-19-3)14(8-17)12-6-5-11(15)7-13(12)16/h5-7,10,14H,4,8-9,17H2,1-3H3. The van der Waals surface area contributed by atoms with Gasteiger partial charge in [-0.05, 0) is 31.2 Å². The van der Waals surface area contributed by atoms with Gasteiger partial charge in [-0.25, -0.2) is 0 Å². The molecule has 0 amide bonds. The number of halogens is 2. The lowest BCUT2D eigenvalue weighted by atomic mass is 10.0. The third-order valence-corrected chi connectivity index (χ3v) is 3.85. The minimum Gasteiger partial charge on any atom is -0.383 e. The highest BCUT2D eigenvalue weighted by Gasteiger charge is 2.24. The van der Waals surface area contributed by atoms with Crippen LogP contribution in [0, 0.1) is 0 Å². The highest BCUT2D eigenvalue weighted by atomic mass is 35.5. The largest absolute Gasteiger partial charge is 0.383 e. The molecule has 19 heavy (non-hydrogen) atoms. The predicted molar refractivity (Wildman–Crippen MR) is 82.0 cm³/mol. The van der Waals surface area contributed by atoms with Crippen LogP contribution in [0.15, 0.2) is 18.2 Å². The van der Waals surface area contributed by atoms with Crippen molar-refractivity contribution in [2.45, 2.75) is 25.9 Å². The average molecular weight is 305 g/mol. The quantitative estimate of drug-likeness (QED) is 0.839. The van der Waals surface area contributed by atoms with Gasteiger partial charge in [0.05, 0.1) is 6.61 Å². The molecule has 2 atom stereocenters. The predicted octanol–water partition coefficient (Wildman–Crippen LogP) is 3.35. The van der Waals surface area contributed by atoms with Crippen molar-refractivity contribution >= 4 is 23.2 Å². The third kappa shape index (κ3) is 4.33. The SMILES string of the molecule is CCN(C(C)COC)C(CN)c1ccc(Cl)cc1Cl. The summed E-state index contributed by atoms with van der Waals surface area (Å²) in [6, 6.07) is 5.90. The van der Waals surface area contributed by atoms with Crippen LogP contribution in [-0.4, -0.2) is 37.7 Å². The summed E-state index contributed by atoms with van der Waals surface area (Å²) < 4.78 is 5.23. The lowest BCUT2D eigenvalue weighted by molar-refractivity contribution is 0.0752. The van der Waals surface area contributed by atoms with E-state index in [1.807, 2.05) is 12.1 Å². The number of hydrogen-bond donors (Lipinski definition) is 1. The maximum atomic E-state index is 6.29. The Labute approximate surface area is 125 Å². The summed E-state index contributed by atoms with van der Waals surface area (Å²) in [5, 5.41) is 1.29. The van der Waals surface area contributed by atoms with Gasteiger partial charge in [-0.3, -0.25) is 4.90 Å². The van der Waals surface area contributed by atoms with Crippen molar-refractivity contribution in [1.82, 2.24) is 4.90 Å². The van der Waals surface area contributed by atoms with Crippen molar-refractivity contribution in [2.75, 3.05) is 26.8 Å². The van der Waals surface area contributed by atoms with Gasteiger partial charge in [0.2, 0.25) is 0 Å². The second-order valence-corrected chi connectivity index (χ2v) is 5.40. The van der Waals surface area contributed by atoms with Gasteiger partial charge in [0.15, 0.2) is 0 Å². The molecule has 0 saturated heterocycles. The van der Waals surface area contributed by atoms with Crippen LogP contribution < -0.4 is 5.73 Å². The van der Waals surface area contributed by atoms with Gasteiger partial charge in [0.1, 0.15) is 0 Å². The molecule has 0 aromatic heterocycles. The number of nitrogens with zero attached hydrogens (tertiary/aromatic N) is 1. The Hall–Kier alpha value is -0.320. The Morgan fingerprint density at radius 1 is 1.37 bits per heavy atom. The molecule has 0 bridgehead atoms. The average Bonchev–Trinajstić information content (AvgIpc) is 2.37. The van der Waals surface area contributed by atoms with Crippen LogP contribution in [0.3, 0.4) is 0 Å². The fourth-order valence-electron chi connectivity index (χ4n) is 2.39. The van der Waals surface area contributed by atoms with Crippen molar-refractivity contribution in [2.24, 2.45) is 5.73 Å². The molecule has 2 N–H and O–H groups in total. The molecule has 0 radical (unpaired) electrons. The summed E-state index contributed by atoms with van der Waals surface area (Å²) >= 11 is 12.2. The number of ether oxygens (including phenoxy) is 1. The monoisotopic (exact) mass is 304 g/mol. The molecule has 1 aromatic rings. The molecule has 0 aliphatic carbocycles. The number of methoxy groups -OCH3 is 1. The normalized spacial score (nSPS) is 14.7. The summed E-state index contributed by atoms with van der Waals surface area (Å²) in [5.74, 6) is 0. The Morgan fingerprint density at radius 2 is 2.05 bits per heavy atom. The van der Waals surface area contributed by atoms with Crippen molar-refractivity contribution in [3.8, 4) is 0 Å². The van der Waals surface area contributed by atoms with E-state index in [4.69, 9.17) is 33.7 Å². The van der Waals surface area contributed by atoms with Crippen LogP contribution in [0.1, 0.15) is 25.5 Å². The van der Waals surface area contributed by atoms with Crippen molar-refractivity contribution in [3.05, 3.63) is 33.8 Å². The Morgan fingerprint density at radius 3 is 2.53 bits per heavy atom. The van der Waals surface area contributed by atoms with E-state index < -0.39 is 0 Å². The van der Waals surface area contributed by atoms with E-state index >= 15 is 0 Å². The number of nitrogens with two attached hydrogens (primary N) is 1. The highest BCUT2D eigenvalue weighted by molar-refractivity contribution is 6.35. The van der Waals surface area contributed by atoms with E-state index in [0.717, 1.165) is 12.1 Å². The van der Waals surface area contributed by atoms with E-state index in [2.05, 4.69) is 18.7 Å². The first-order chi connectivity index (χ1) is 9.04. The van der Waals surface area contributed by atoms with Gasteiger partial charge in [-0.15, -0.1) is 0 Å². The fraction of sp³-hybridized carbons (Fsp3) is 0.571. The van der Waals surface area contributed by atoms with E-state index in [1.165, 1.54) is 0 Å². The molecule has 0 fully saturated rings. The summed E-state index contributed by atoms with van der Waals surface area (Å²) in [5.41, 5.74) is 6.96. The molecule has 5 heteroatoms. The van der Waals surface area contributed by atoms with Crippen LogP contribution in [-0.2, 0) is 4.74 Å². The molecule has 0 heterocycles. The van der Waals surface area contributed by atoms with Crippen LogP contribution >= 0.6 is 23.2 Å². The van der Waals surface area contributed by atoms with Gasteiger partial charge in [0.25, 0.3) is 0 Å². The second-order valence-electron chi connectivity index (χ2n) is 4.55. The highest BCUT2D eigenvalue weighted by Crippen LogP contribution is 2.30. The van der Waals surface area contributed by atoms with Crippen LogP contribution in [0.5, 0.6) is 0 Å². The van der Waals surface area contributed by atoms with Crippen molar-refractivity contribution in [3.63, 3.8) is 0 Å². The first kappa shape index (κ1) is 16.7. The first-order valence-electron chi connectivity index (χ1n) is 6.44. The third-order valence-electron chi connectivity index (χ3n) is 3.28.